The van der Waals surface area contributed by atoms with Crippen LogP contribution in [0.2, 0.25) is 0 Å². The summed E-state index contributed by atoms with van der Waals surface area (Å²) in [7, 11) is 1.50. The first-order chi connectivity index (χ1) is 14.5. The van der Waals surface area contributed by atoms with E-state index in [2.05, 4.69) is 5.32 Å². The zero-order chi connectivity index (χ0) is 21.7. The van der Waals surface area contributed by atoms with Crippen molar-refractivity contribution in [3.8, 4) is 17.2 Å². The Labute approximate surface area is 180 Å². The van der Waals surface area contributed by atoms with Crippen molar-refractivity contribution in [2.45, 2.75) is 13.8 Å². The number of para-hydroxylation sites is 2. The normalized spacial score (nSPS) is 15.2. The van der Waals surface area contributed by atoms with Crippen molar-refractivity contribution in [3.63, 3.8) is 0 Å². The second-order valence-corrected chi connectivity index (χ2v) is 6.59. The summed E-state index contributed by atoms with van der Waals surface area (Å²) < 4.78 is 16.5. The third-order valence-corrected chi connectivity index (χ3v) is 4.59. The fourth-order valence-corrected chi connectivity index (χ4v) is 3.29. The molecule has 30 heavy (non-hydrogen) atoms. The molecule has 2 aromatic carbocycles. The van der Waals surface area contributed by atoms with Gasteiger partial charge < -0.3 is 14.2 Å². The van der Waals surface area contributed by atoms with Gasteiger partial charge in [-0.1, -0.05) is 18.2 Å². The molecule has 0 spiro atoms. The van der Waals surface area contributed by atoms with Crippen LogP contribution >= 0.6 is 12.2 Å². The fourth-order valence-electron chi connectivity index (χ4n) is 3.01. The number of benzene rings is 2. The molecule has 1 aliphatic heterocycles. The quantitative estimate of drug-likeness (QED) is 0.416. The first kappa shape index (κ1) is 21.3. The summed E-state index contributed by atoms with van der Waals surface area (Å²) in [6.45, 7) is 4.69. The molecule has 156 valence electrons. The number of ether oxygens (including phenoxy) is 3. The van der Waals surface area contributed by atoms with Crippen molar-refractivity contribution >= 4 is 40.9 Å². The highest BCUT2D eigenvalue weighted by Gasteiger charge is 2.35. The molecule has 0 aliphatic carbocycles. The number of carbonyl (C=O) groups is 2. The van der Waals surface area contributed by atoms with Crippen molar-refractivity contribution < 1.29 is 23.8 Å². The smallest absolute Gasteiger partial charge is 0.270 e. The topological polar surface area (TPSA) is 77.1 Å². The van der Waals surface area contributed by atoms with E-state index in [0.29, 0.717) is 41.7 Å². The molecule has 0 aromatic heterocycles. The SMILES string of the molecule is CCOc1ccc(/C=C2\C(=O)NC(=S)N(c3ccccc3OC)C2=O)cc1OCC. The van der Waals surface area contributed by atoms with Crippen LogP contribution in [0.3, 0.4) is 0 Å². The predicted octanol–water partition coefficient (Wildman–Crippen LogP) is 3.32. The van der Waals surface area contributed by atoms with Gasteiger partial charge in [0.05, 0.1) is 26.0 Å². The standard InChI is InChI=1S/C22H22N2O5S/c1-4-28-18-11-10-14(13-19(18)29-5-2)12-15-20(25)23-22(30)24(21(15)26)16-8-6-7-9-17(16)27-3/h6-13H,4-5H2,1-3H3,(H,23,25,30)/b15-12+. The van der Waals surface area contributed by atoms with Gasteiger partial charge in [0.1, 0.15) is 11.3 Å². The van der Waals surface area contributed by atoms with Gasteiger partial charge in [0.15, 0.2) is 16.6 Å². The molecule has 0 radical (unpaired) electrons. The van der Waals surface area contributed by atoms with Crippen LogP contribution < -0.4 is 24.4 Å². The molecule has 0 saturated carbocycles. The van der Waals surface area contributed by atoms with Gasteiger partial charge in [-0.2, -0.15) is 0 Å². The maximum absolute atomic E-state index is 13.2. The Bertz CT molecular complexity index is 1020. The van der Waals surface area contributed by atoms with Crippen LogP contribution in [0, 0.1) is 0 Å². The van der Waals surface area contributed by atoms with Crippen molar-refractivity contribution in [1.82, 2.24) is 5.32 Å². The van der Waals surface area contributed by atoms with Gasteiger partial charge in [-0.15, -0.1) is 0 Å². The van der Waals surface area contributed by atoms with Gasteiger partial charge in [-0.25, -0.2) is 4.90 Å². The highest BCUT2D eigenvalue weighted by Crippen LogP contribution is 2.32. The van der Waals surface area contributed by atoms with Crippen LogP contribution in [0.25, 0.3) is 6.08 Å². The largest absolute Gasteiger partial charge is 0.495 e. The average molecular weight is 426 g/mol. The lowest BCUT2D eigenvalue weighted by atomic mass is 10.1. The average Bonchev–Trinajstić information content (AvgIpc) is 2.73. The van der Waals surface area contributed by atoms with Crippen molar-refractivity contribution in [2.24, 2.45) is 0 Å². The minimum absolute atomic E-state index is 0.00616. The molecule has 0 unspecified atom stereocenters. The van der Waals surface area contributed by atoms with E-state index in [0.717, 1.165) is 0 Å². The maximum atomic E-state index is 13.2. The highest BCUT2D eigenvalue weighted by atomic mass is 32.1. The summed E-state index contributed by atoms with van der Waals surface area (Å²) in [5.41, 5.74) is 1.01. The molecule has 8 heteroatoms. The lowest BCUT2D eigenvalue weighted by Crippen LogP contribution is -2.54. The van der Waals surface area contributed by atoms with Gasteiger partial charge in [0.2, 0.25) is 0 Å². The van der Waals surface area contributed by atoms with E-state index in [9.17, 15) is 9.59 Å². The third-order valence-electron chi connectivity index (χ3n) is 4.31. The molecular weight excluding hydrogens is 404 g/mol. The van der Waals surface area contributed by atoms with Crippen molar-refractivity contribution in [1.29, 1.82) is 0 Å². The van der Waals surface area contributed by atoms with Gasteiger partial charge in [0, 0.05) is 0 Å². The van der Waals surface area contributed by atoms with Gasteiger partial charge in [-0.3, -0.25) is 14.9 Å². The van der Waals surface area contributed by atoms with E-state index in [-0.39, 0.29) is 10.7 Å². The van der Waals surface area contributed by atoms with Gasteiger partial charge >= 0.3 is 0 Å². The summed E-state index contributed by atoms with van der Waals surface area (Å²) in [4.78, 5) is 27.0. The Hall–Kier alpha value is -3.39. The maximum Gasteiger partial charge on any atom is 0.270 e. The lowest BCUT2D eigenvalue weighted by molar-refractivity contribution is -0.122. The summed E-state index contributed by atoms with van der Waals surface area (Å²) in [5.74, 6) is 0.485. The van der Waals surface area contributed by atoms with Gasteiger partial charge in [-0.05, 0) is 62.0 Å². The summed E-state index contributed by atoms with van der Waals surface area (Å²) in [6, 6.07) is 12.2. The molecule has 0 atom stereocenters. The molecule has 1 heterocycles. The number of anilines is 1. The molecule has 1 fully saturated rings. The molecule has 2 amide bonds. The van der Waals surface area contributed by atoms with Crippen LogP contribution in [0.5, 0.6) is 17.2 Å². The number of hydrogen-bond acceptors (Lipinski definition) is 6. The van der Waals surface area contributed by atoms with E-state index in [1.54, 1.807) is 42.5 Å². The van der Waals surface area contributed by atoms with Gasteiger partial charge in [0.25, 0.3) is 11.8 Å². The van der Waals surface area contributed by atoms with Crippen LogP contribution in [-0.2, 0) is 9.59 Å². The van der Waals surface area contributed by atoms with Crippen LogP contribution in [0.4, 0.5) is 5.69 Å². The Morgan fingerprint density at radius 2 is 1.70 bits per heavy atom. The summed E-state index contributed by atoms with van der Waals surface area (Å²) in [6.07, 6.45) is 1.50. The Kier molecular flexibility index (Phi) is 6.68. The predicted molar refractivity (Wildman–Crippen MR) is 118 cm³/mol. The number of methoxy groups -OCH3 is 1. The molecule has 1 N–H and O–H groups in total. The number of amides is 2. The van der Waals surface area contributed by atoms with E-state index in [1.807, 2.05) is 13.8 Å². The number of nitrogens with zero attached hydrogens (tertiary/aromatic N) is 1. The molecule has 3 rings (SSSR count). The number of hydrogen-bond donors (Lipinski definition) is 1. The van der Waals surface area contributed by atoms with E-state index < -0.39 is 11.8 Å². The lowest BCUT2D eigenvalue weighted by Gasteiger charge is -2.29. The number of nitrogens with one attached hydrogen (secondary N) is 1. The summed E-state index contributed by atoms with van der Waals surface area (Å²) >= 11 is 5.24. The number of rotatable bonds is 7. The van der Waals surface area contributed by atoms with Crippen molar-refractivity contribution in [3.05, 3.63) is 53.6 Å². The number of thiocarbonyl (C=S) groups is 1. The minimum Gasteiger partial charge on any atom is -0.495 e. The Balaban J connectivity index is 2.01. The molecule has 1 saturated heterocycles. The van der Waals surface area contributed by atoms with Crippen LogP contribution in [0.1, 0.15) is 19.4 Å². The first-order valence-electron chi connectivity index (χ1n) is 9.44. The van der Waals surface area contributed by atoms with E-state index in [4.69, 9.17) is 26.4 Å². The van der Waals surface area contributed by atoms with Crippen molar-refractivity contribution in [2.75, 3.05) is 25.2 Å². The fraction of sp³-hybridized carbons (Fsp3) is 0.227. The molecular formula is C22H22N2O5S. The second-order valence-electron chi connectivity index (χ2n) is 6.20. The highest BCUT2D eigenvalue weighted by molar-refractivity contribution is 7.80. The number of carbonyl (C=O) groups excluding carboxylic acids is 2. The zero-order valence-electron chi connectivity index (χ0n) is 16.9. The molecule has 7 nitrogen and oxygen atoms in total. The molecule has 1 aliphatic rings. The molecule has 2 aromatic rings. The second kappa shape index (κ2) is 9.41. The first-order valence-corrected chi connectivity index (χ1v) is 9.85. The third kappa shape index (κ3) is 4.28. The van der Waals surface area contributed by atoms with Crippen LogP contribution in [-0.4, -0.2) is 37.3 Å². The zero-order valence-corrected chi connectivity index (χ0v) is 17.7. The van der Waals surface area contributed by atoms with Crippen LogP contribution in [0.15, 0.2) is 48.0 Å². The summed E-state index contributed by atoms with van der Waals surface area (Å²) in [5, 5.41) is 2.56. The van der Waals surface area contributed by atoms with E-state index >= 15 is 0 Å². The monoisotopic (exact) mass is 426 g/mol. The molecule has 0 bridgehead atoms. The Morgan fingerprint density at radius 3 is 2.40 bits per heavy atom. The Morgan fingerprint density at radius 1 is 1.00 bits per heavy atom. The minimum atomic E-state index is -0.567. The van der Waals surface area contributed by atoms with E-state index in [1.165, 1.54) is 18.1 Å².